The standard InChI is InChI=1S/C18H26N2O/c1-18(2,13-7-5-4-6-8-13)17(21)20(3)16-11-14-9-10-15(12-16)19-14/h4-8,14-16,19H,9-12H2,1-3H3. The number of likely N-dealkylation sites (N-methyl/N-ethyl adjacent to an activating group) is 1. The Morgan fingerprint density at radius 3 is 2.29 bits per heavy atom. The van der Waals surface area contributed by atoms with E-state index >= 15 is 0 Å². The van der Waals surface area contributed by atoms with Gasteiger partial charge in [0.1, 0.15) is 0 Å². The number of rotatable bonds is 3. The van der Waals surface area contributed by atoms with E-state index in [1.165, 1.54) is 12.8 Å². The van der Waals surface area contributed by atoms with Gasteiger partial charge in [-0.1, -0.05) is 30.3 Å². The number of hydrogen-bond acceptors (Lipinski definition) is 2. The first kappa shape index (κ1) is 14.6. The summed E-state index contributed by atoms with van der Waals surface area (Å²) in [6, 6.07) is 11.7. The summed E-state index contributed by atoms with van der Waals surface area (Å²) >= 11 is 0. The molecule has 1 N–H and O–H groups in total. The van der Waals surface area contributed by atoms with E-state index in [1.807, 2.05) is 44.0 Å². The number of hydrogen-bond donors (Lipinski definition) is 1. The summed E-state index contributed by atoms with van der Waals surface area (Å²) in [6.45, 7) is 4.08. The maximum absolute atomic E-state index is 13.0. The van der Waals surface area contributed by atoms with Crippen LogP contribution in [0.2, 0.25) is 0 Å². The van der Waals surface area contributed by atoms with Crippen LogP contribution in [0.15, 0.2) is 30.3 Å². The predicted octanol–water partition coefficient (Wildman–Crippen LogP) is 2.71. The SMILES string of the molecule is CN(C(=O)C(C)(C)c1ccccc1)C1CC2CCC(C1)N2. The van der Waals surface area contributed by atoms with Crippen molar-refractivity contribution < 1.29 is 4.79 Å². The van der Waals surface area contributed by atoms with Crippen LogP contribution in [0.4, 0.5) is 0 Å². The molecule has 2 unspecified atom stereocenters. The lowest BCUT2D eigenvalue weighted by Crippen LogP contribution is -2.52. The molecule has 2 aliphatic rings. The molecular formula is C18H26N2O. The lowest BCUT2D eigenvalue weighted by molar-refractivity contribution is -0.137. The first-order valence-electron chi connectivity index (χ1n) is 8.07. The van der Waals surface area contributed by atoms with E-state index in [2.05, 4.69) is 17.4 Å². The number of nitrogens with one attached hydrogen (secondary N) is 1. The van der Waals surface area contributed by atoms with Gasteiger partial charge in [0.25, 0.3) is 0 Å². The van der Waals surface area contributed by atoms with Gasteiger partial charge in [0.2, 0.25) is 5.91 Å². The smallest absolute Gasteiger partial charge is 0.232 e. The number of amides is 1. The zero-order chi connectivity index (χ0) is 15.0. The van der Waals surface area contributed by atoms with Crippen molar-refractivity contribution in [3.8, 4) is 0 Å². The topological polar surface area (TPSA) is 32.3 Å². The molecule has 3 heteroatoms. The van der Waals surface area contributed by atoms with Crippen LogP contribution in [0.5, 0.6) is 0 Å². The molecule has 1 aromatic carbocycles. The van der Waals surface area contributed by atoms with Crippen molar-refractivity contribution in [2.45, 2.75) is 63.1 Å². The highest BCUT2D eigenvalue weighted by Crippen LogP contribution is 2.32. The molecular weight excluding hydrogens is 260 g/mol. The largest absolute Gasteiger partial charge is 0.342 e. The summed E-state index contributed by atoms with van der Waals surface area (Å²) in [5.41, 5.74) is 0.638. The van der Waals surface area contributed by atoms with Crippen LogP contribution in [-0.2, 0) is 10.2 Å². The fraction of sp³-hybridized carbons (Fsp3) is 0.611. The Kier molecular flexibility index (Phi) is 3.78. The van der Waals surface area contributed by atoms with Crippen molar-refractivity contribution in [1.29, 1.82) is 0 Å². The normalized spacial score (nSPS) is 28.4. The van der Waals surface area contributed by atoms with Gasteiger partial charge in [0, 0.05) is 25.2 Å². The van der Waals surface area contributed by atoms with Crippen LogP contribution >= 0.6 is 0 Å². The second-order valence-electron chi connectivity index (χ2n) is 7.17. The van der Waals surface area contributed by atoms with Crippen molar-refractivity contribution >= 4 is 5.91 Å². The summed E-state index contributed by atoms with van der Waals surface area (Å²) in [4.78, 5) is 15.0. The maximum atomic E-state index is 13.0. The molecule has 2 aliphatic heterocycles. The zero-order valence-electron chi connectivity index (χ0n) is 13.3. The van der Waals surface area contributed by atoms with E-state index in [9.17, 15) is 4.79 Å². The Morgan fingerprint density at radius 2 is 1.71 bits per heavy atom. The van der Waals surface area contributed by atoms with Gasteiger partial charge in [-0.3, -0.25) is 4.79 Å². The van der Waals surface area contributed by atoms with E-state index in [4.69, 9.17) is 0 Å². The average molecular weight is 286 g/mol. The highest BCUT2D eigenvalue weighted by molar-refractivity contribution is 5.87. The molecule has 1 aromatic rings. The summed E-state index contributed by atoms with van der Waals surface area (Å²) < 4.78 is 0. The number of fused-ring (bicyclic) bond motifs is 2. The minimum absolute atomic E-state index is 0.236. The van der Waals surface area contributed by atoms with Crippen LogP contribution < -0.4 is 5.32 Å². The van der Waals surface area contributed by atoms with Crippen LogP contribution in [0, 0.1) is 0 Å². The summed E-state index contributed by atoms with van der Waals surface area (Å²) in [5.74, 6) is 0.236. The molecule has 3 nitrogen and oxygen atoms in total. The van der Waals surface area contributed by atoms with Crippen LogP contribution in [-0.4, -0.2) is 36.0 Å². The van der Waals surface area contributed by atoms with Gasteiger partial charge in [-0.05, 0) is 45.1 Å². The van der Waals surface area contributed by atoms with E-state index in [1.54, 1.807) is 0 Å². The van der Waals surface area contributed by atoms with Gasteiger partial charge in [0.05, 0.1) is 5.41 Å². The predicted molar refractivity (Wildman–Crippen MR) is 85.2 cm³/mol. The molecule has 114 valence electrons. The quantitative estimate of drug-likeness (QED) is 0.926. The second-order valence-corrected chi connectivity index (χ2v) is 7.17. The molecule has 2 bridgehead atoms. The van der Waals surface area contributed by atoms with Crippen molar-refractivity contribution in [2.24, 2.45) is 0 Å². The number of piperidine rings is 1. The number of carbonyl (C=O) groups is 1. The maximum Gasteiger partial charge on any atom is 0.232 e. The zero-order valence-corrected chi connectivity index (χ0v) is 13.3. The molecule has 0 saturated carbocycles. The monoisotopic (exact) mass is 286 g/mol. The second kappa shape index (κ2) is 5.45. The molecule has 2 saturated heterocycles. The Balaban J connectivity index is 1.75. The minimum atomic E-state index is -0.458. The van der Waals surface area contributed by atoms with Gasteiger partial charge in [0.15, 0.2) is 0 Å². The first-order valence-corrected chi connectivity index (χ1v) is 8.07. The summed E-state index contributed by atoms with van der Waals surface area (Å²) in [6.07, 6.45) is 4.74. The Bertz CT molecular complexity index is 499. The Hall–Kier alpha value is -1.35. The lowest BCUT2D eigenvalue weighted by atomic mass is 9.82. The average Bonchev–Trinajstić information content (AvgIpc) is 2.85. The van der Waals surface area contributed by atoms with Crippen LogP contribution in [0.3, 0.4) is 0 Å². The van der Waals surface area contributed by atoms with Crippen molar-refractivity contribution in [2.75, 3.05) is 7.05 Å². The van der Waals surface area contributed by atoms with Gasteiger partial charge < -0.3 is 10.2 Å². The first-order chi connectivity index (χ1) is 9.98. The van der Waals surface area contributed by atoms with E-state index in [-0.39, 0.29) is 5.91 Å². The van der Waals surface area contributed by atoms with Crippen molar-refractivity contribution in [1.82, 2.24) is 10.2 Å². The lowest BCUT2D eigenvalue weighted by Gasteiger charge is -2.39. The number of carbonyl (C=O) groups excluding carboxylic acids is 1. The van der Waals surface area contributed by atoms with Crippen molar-refractivity contribution in [3.05, 3.63) is 35.9 Å². The fourth-order valence-electron chi connectivity index (χ4n) is 3.93. The third kappa shape index (κ3) is 2.71. The molecule has 1 amide bonds. The van der Waals surface area contributed by atoms with E-state index in [0.717, 1.165) is 18.4 Å². The Labute approximate surface area is 127 Å². The van der Waals surface area contributed by atoms with Crippen LogP contribution in [0.1, 0.15) is 45.1 Å². The van der Waals surface area contributed by atoms with Gasteiger partial charge in [-0.2, -0.15) is 0 Å². The molecule has 0 aromatic heterocycles. The van der Waals surface area contributed by atoms with Gasteiger partial charge in [-0.25, -0.2) is 0 Å². The molecule has 0 aliphatic carbocycles. The molecule has 3 rings (SSSR count). The number of benzene rings is 1. The summed E-state index contributed by atoms with van der Waals surface area (Å²) in [7, 11) is 1.99. The third-order valence-electron chi connectivity index (χ3n) is 5.35. The van der Waals surface area contributed by atoms with E-state index in [0.29, 0.717) is 18.1 Å². The third-order valence-corrected chi connectivity index (χ3v) is 5.35. The molecule has 0 radical (unpaired) electrons. The van der Waals surface area contributed by atoms with E-state index < -0.39 is 5.41 Å². The van der Waals surface area contributed by atoms with Gasteiger partial charge >= 0.3 is 0 Å². The van der Waals surface area contributed by atoms with Crippen LogP contribution in [0.25, 0.3) is 0 Å². The van der Waals surface area contributed by atoms with Gasteiger partial charge in [-0.15, -0.1) is 0 Å². The molecule has 21 heavy (non-hydrogen) atoms. The molecule has 0 spiro atoms. The molecule has 2 fully saturated rings. The highest BCUT2D eigenvalue weighted by Gasteiger charge is 2.40. The highest BCUT2D eigenvalue weighted by atomic mass is 16.2. The van der Waals surface area contributed by atoms with Crippen molar-refractivity contribution in [3.63, 3.8) is 0 Å². The fourth-order valence-corrected chi connectivity index (χ4v) is 3.93. The summed E-state index contributed by atoms with van der Waals surface area (Å²) in [5, 5.41) is 3.65. The molecule has 2 atom stereocenters. The Morgan fingerprint density at radius 1 is 1.14 bits per heavy atom. The molecule has 2 heterocycles. The minimum Gasteiger partial charge on any atom is -0.342 e. The number of nitrogens with zero attached hydrogens (tertiary/aromatic N) is 1.